The molecule has 0 saturated heterocycles. The average molecular weight is 279 g/mol. The average Bonchev–Trinajstić information content (AvgIpc) is 2.99. The first-order valence-corrected chi connectivity index (χ1v) is 6.34. The first-order chi connectivity index (χ1) is 9.58. The molecule has 0 fully saturated rings. The van der Waals surface area contributed by atoms with Gasteiger partial charge in [0.2, 0.25) is 11.8 Å². The van der Waals surface area contributed by atoms with E-state index in [-0.39, 0.29) is 24.5 Å². The van der Waals surface area contributed by atoms with Crippen LogP contribution in [0.4, 0.5) is 6.01 Å². The quantitative estimate of drug-likeness (QED) is 0.784. The number of aromatic nitrogens is 5. The number of hydrogen-bond acceptors (Lipinski definition) is 7. The molecular weight excluding hydrogens is 262 g/mol. The third-order valence-electron chi connectivity index (χ3n) is 2.61. The fourth-order valence-electron chi connectivity index (χ4n) is 1.67. The van der Waals surface area contributed by atoms with Gasteiger partial charge >= 0.3 is 6.01 Å². The lowest BCUT2D eigenvalue weighted by Crippen LogP contribution is -2.19. The highest BCUT2D eigenvalue weighted by atomic mass is 16.4. The van der Waals surface area contributed by atoms with Gasteiger partial charge in [-0.25, -0.2) is 4.68 Å². The summed E-state index contributed by atoms with van der Waals surface area (Å²) < 4.78 is 6.47. The van der Waals surface area contributed by atoms with Crippen LogP contribution in [-0.2, 0) is 11.3 Å². The maximum atomic E-state index is 11.7. The lowest BCUT2D eigenvalue weighted by atomic mass is 10.1. The van der Waals surface area contributed by atoms with Gasteiger partial charge in [-0.05, 0) is 6.42 Å². The summed E-state index contributed by atoms with van der Waals surface area (Å²) >= 11 is 0. The van der Waals surface area contributed by atoms with Gasteiger partial charge in [0.25, 0.3) is 0 Å². The lowest BCUT2D eigenvalue weighted by molar-refractivity contribution is -0.117. The van der Waals surface area contributed by atoms with Crippen molar-refractivity contribution in [3.8, 4) is 0 Å². The van der Waals surface area contributed by atoms with E-state index in [0.717, 1.165) is 12.8 Å². The summed E-state index contributed by atoms with van der Waals surface area (Å²) in [7, 11) is 0. The predicted molar refractivity (Wildman–Crippen MR) is 69.5 cm³/mol. The molecule has 0 aliphatic heterocycles. The Labute approximate surface area is 115 Å². The molecule has 2 heterocycles. The molecule has 0 bridgehead atoms. The second kappa shape index (κ2) is 6.24. The summed E-state index contributed by atoms with van der Waals surface area (Å²) in [5, 5.41) is 17.6. The summed E-state index contributed by atoms with van der Waals surface area (Å²) in [5.41, 5.74) is 6.60. The van der Waals surface area contributed by atoms with E-state index in [1.807, 2.05) is 6.92 Å². The number of nitrogens with one attached hydrogen (secondary N) is 1. The van der Waals surface area contributed by atoms with Gasteiger partial charge in [0, 0.05) is 6.92 Å². The Morgan fingerprint density at radius 3 is 2.95 bits per heavy atom. The smallest absolute Gasteiger partial charge is 0.322 e. The maximum Gasteiger partial charge on any atom is 0.322 e. The van der Waals surface area contributed by atoms with Crippen molar-refractivity contribution in [2.75, 3.05) is 5.32 Å². The molecule has 0 radical (unpaired) electrons. The number of carbonyl (C=O) groups excluding carboxylic acids is 1. The summed E-state index contributed by atoms with van der Waals surface area (Å²) in [6.07, 6.45) is 3.45. The minimum absolute atomic E-state index is 0.00721. The number of aryl methyl sites for hydroxylation is 1. The van der Waals surface area contributed by atoms with E-state index in [1.54, 1.807) is 13.1 Å². The van der Waals surface area contributed by atoms with Crippen molar-refractivity contribution < 1.29 is 9.21 Å². The molecular formula is C11H17N7O2. The van der Waals surface area contributed by atoms with Gasteiger partial charge in [-0.3, -0.25) is 10.1 Å². The van der Waals surface area contributed by atoms with Crippen molar-refractivity contribution in [2.45, 2.75) is 39.3 Å². The minimum atomic E-state index is -0.325. The monoisotopic (exact) mass is 279 g/mol. The highest BCUT2D eigenvalue weighted by Gasteiger charge is 2.13. The molecule has 3 N–H and O–H groups in total. The van der Waals surface area contributed by atoms with Crippen LogP contribution in [0.2, 0.25) is 0 Å². The Bertz CT molecular complexity index is 577. The zero-order valence-electron chi connectivity index (χ0n) is 11.4. The minimum Gasteiger partial charge on any atom is -0.408 e. The Morgan fingerprint density at radius 2 is 2.30 bits per heavy atom. The van der Waals surface area contributed by atoms with Crippen LogP contribution >= 0.6 is 0 Å². The molecule has 9 nitrogen and oxygen atoms in total. The Hall–Kier alpha value is -2.29. The molecule has 0 aliphatic rings. The first-order valence-electron chi connectivity index (χ1n) is 6.34. The van der Waals surface area contributed by atoms with Crippen molar-refractivity contribution in [1.29, 1.82) is 0 Å². The third kappa shape index (κ3) is 3.60. The fraction of sp³-hybridized carbons (Fsp3) is 0.545. The van der Waals surface area contributed by atoms with E-state index < -0.39 is 0 Å². The standard InChI is InChI=1S/C11H17N7O2/c1-3-4-8(12)9-5-18(17-15-9)6-10(19)13-11-16-14-7(2)20-11/h5,8H,3-4,6,12H2,1-2H3,(H,13,16,19). The molecule has 108 valence electrons. The van der Waals surface area contributed by atoms with Crippen LogP contribution in [0.5, 0.6) is 0 Å². The van der Waals surface area contributed by atoms with E-state index >= 15 is 0 Å². The molecule has 1 unspecified atom stereocenters. The Balaban J connectivity index is 1.91. The third-order valence-corrected chi connectivity index (χ3v) is 2.61. The van der Waals surface area contributed by atoms with Crippen molar-refractivity contribution in [1.82, 2.24) is 25.2 Å². The van der Waals surface area contributed by atoms with Crippen molar-refractivity contribution in [3.05, 3.63) is 17.8 Å². The largest absolute Gasteiger partial charge is 0.408 e. The first kappa shape index (κ1) is 14.1. The number of amides is 1. The lowest BCUT2D eigenvalue weighted by Gasteiger charge is -2.04. The zero-order chi connectivity index (χ0) is 14.5. The summed E-state index contributed by atoms with van der Waals surface area (Å²) in [4.78, 5) is 11.7. The molecule has 9 heteroatoms. The topological polar surface area (TPSA) is 125 Å². The second-order valence-corrected chi connectivity index (χ2v) is 4.41. The van der Waals surface area contributed by atoms with E-state index in [1.165, 1.54) is 4.68 Å². The van der Waals surface area contributed by atoms with Crippen LogP contribution in [0.3, 0.4) is 0 Å². The van der Waals surface area contributed by atoms with Crippen molar-refractivity contribution in [3.63, 3.8) is 0 Å². The van der Waals surface area contributed by atoms with Gasteiger partial charge in [-0.1, -0.05) is 23.7 Å². The molecule has 20 heavy (non-hydrogen) atoms. The Kier molecular flexibility index (Phi) is 4.41. The van der Waals surface area contributed by atoms with Crippen LogP contribution in [0.25, 0.3) is 0 Å². The number of rotatable bonds is 6. The molecule has 0 spiro atoms. The SMILES string of the molecule is CCCC(N)c1cn(CC(=O)Nc2nnc(C)o2)nn1. The van der Waals surface area contributed by atoms with Crippen LogP contribution in [0.1, 0.15) is 37.4 Å². The molecule has 0 saturated carbocycles. The van der Waals surface area contributed by atoms with Gasteiger partial charge in [0.1, 0.15) is 6.54 Å². The normalized spacial score (nSPS) is 12.3. The number of anilines is 1. The predicted octanol–water partition coefficient (Wildman–Crippen LogP) is 0.408. The summed E-state index contributed by atoms with van der Waals surface area (Å²) in [6.45, 7) is 3.69. The van der Waals surface area contributed by atoms with Crippen LogP contribution in [0, 0.1) is 6.92 Å². The van der Waals surface area contributed by atoms with E-state index in [2.05, 4.69) is 25.8 Å². The number of carbonyl (C=O) groups is 1. The molecule has 1 atom stereocenters. The van der Waals surface area contributed by atoms with Crippen LogP contribution in [0.15, 0.2) is 10.6 Å². The molecule has 0 aromatic carbocycles. The zero-order valence-corrected chi connectivity index (χ0v) is 11.4. The van der Waals surface area contributed by atoms with Crippen molar-refractivity contribution >= 4 is 11.9 Å². The Morgan fingerprint density at radius 1 is 1.50 bits per heavy atom. The van der Waals surface area contributed by atoms with E-state index in [9.17, 15) is 4.79 Å². The van der Waals surface area contributed by atoms with Crippen molar-refractivity contribution in [2.24, 2.45) is 5.73 Å². The van der Waals surface area contributed by atoms with Gasteiger partial charge in [-0.2, -0.15) is 0 Å². The van der Waals surface area contributed by atoms with Gasteiger partial charge in [0.15, 0.2) is 0 Å². The summed E-state index contributed by atoms with van der Waals surface area (Å²) in [5.74, 6) is 0.0584. The molecule has 2 aromatic rings. The number of nitrogens with two attached hydrogens (primary N) is 1. The van der Waals surface area contributed by atoms with E-state index in [4.69, 9.17) is 10.2 Å². The van der Waals surface area contributed by atoms with Gasteiger partial charge < -0.3 is 10.2 Å². The van der Waals surface area contributed by atoms with Gasteiger partial charge in [0.05, 0.1) is 17.9 Å². The molecule has 2 rings (SSSR count). The molecule has 0 aliphatic carbocycles. The van der Waals surface area contributed by atoms with Gasteiger partial charge in [-0.15, -0.1) is 10.2 Å². The molecule has 2 aromatic heterocycles. The fourth-order valence-corrected chi connectivity index (χ4v) is 1.67. The van der Waals surface area contributed by atoms with E-state index in [0.29, 0.717) is 11.6 Å². The number of nitrogens with zero attached hydrogens (tertiary/aromatic N) is 5. The highest BCUT2D eigenvalue weighted by Crippen LogP contribution is 2.12. The highest BCUT2D eigenvalue weighted by molar-refractivity contribution is 5.88. The van der Waals surface area contributed by atoms with Crippen LogP contribution in [-0.4, -0.2) is 31.1 Å². The maximum absolute atomic E-state index is 11.7. The van der Waals surface area contributed by atoms with Crippen LogP contribution < -0.4 is 11.1 Å². The number of hydrogen-bond donors (Lipinski definition) is 2. The molecule has 1 amide bonds. The summed E-state index contributed by atoms with van der Waals surface area (Å²) in [6, 6.07) is -0.0917. The second-order valence-electron chi connectivity index (χ2n) is 4.41.